The maximum absolute atomic E-state index is 12.0. The van der Waals surface area contributed by atoms with Gasteiger partial charge in [-0.3, -0.25) is 0 Å². The SMILES string of the molecule is COC(=O)c1ccc2c(c1)[nH]c1cc(Cc3ccccc3)nc(NCCCN3CCCCC3)c12. The van der Waals surface area contributed by atoms with E-state index in [1.54, 1.807) is 0 Å². The molecule has 6 heteroatoms. The number of benzene rings is 2. The number of aromatic nitrogens is 2. The van der Waals surface area contributed by atoms with Crippen molar-refractivity contribution in [2.75, 3.05) is 38.6 Å². The number of H-pyrrole nitrogens is 1. The van der Waals surface area contributed by atoms with Crippen molar-refractivity contribution in [3.63, 3.8) is 0 Å². The van der Waals surface area contributed by atoms with E-state index in [2.05, 4.69) is 45.5 Å². The fourth-order valence-corrected chi connectivity index (χ4v) is 4.94. The van der Waals surface area contributed by atoms with Crippen LogP contribution in [0.15, 0.2) is 54.6 Å². The molecule has 5 rings (SSSR count). The Hall–Kier alpha value is -3.38. The molecule has 0 spiro atoms. The van der Waals surface area contributed by atoms with Crippen molar-refractivity contribution in [3.8, 4) is 0 Å². The molecular formula is C28H32N4O2. The number of aromatic amines is 1. The zero-order valence-electron chi connectivity index (χ0n) is 19.8. The maximum atomic E-state index is 12.0. The number of pyridine rings is 1. The molecule has 0 amide bonds. The van der Waals surface area contributed by atoms with Gasteiger partial charge in [-0.15, -0.1) is 0 Å². The first-order chi connectivity index (χ1) is 16.7. The number of nitrogens with one attached hydrogen (secondary N) is 2. The number of hydrogen-bond acceptors (Lipinski definition) is 5. The fraction of sp³-hybridized carbons (Fsp3) is 0.357. The zero-order chi connectivity index (χ0) is 23.3. The number of carbonyl (C=O) groups is 1. The van der Waals surface area contributed by atoms with E-state index >= 15 is 0 Å². The molecule has 1 fully saturated rings. The normalized spacial score (nSPS) is 14.5. The van der Waals surface area contributed by atoms with Crippen molar-refractivity contribution in [1.82, 2.24) is 14.9 Å². The molecule has 0 unspecified atom stereocenters. The Morgan fingerprint density at radius 2 is 1.88 bits per heavy atom. The topological polar surface area (TPSA) is 70.2 Å². The lowest BCUT2D eigenvalue weighted by atomic mass is 10.1. The number of esters is 1. The monoisotopic (exact) mass is 456 g/mol. The Labute approximate surface area is 200 Å². The number of anilines is 1. The second-order valence-electron chi connectivity index (χ2n) is 9.11. The van der Waals surface area contributed by atoms with E-state index in [0.29, 0.717) is 5.56 Å². The summed E-state index contributed by atoms with van der Waals surface area (Å²) >= 11 is 0. The van der Waals surface area contributed by atoms with Gasteiger partial charge in [0.15, 0.2) is 0 Å². The third-order valence-corrected chi connectivity index (χ3v) is 6.67. The van der Waals surface area contributed by atoms with Crippen molar-refractivity contribution in [1.29, 1.82) is 0 Å². The summed E-state index contributed by atoms with van der Waals surface area (Å²) in [7, 11) is 1.41. The Kier molecular flexibility index (Phi) is 6.77. The summed E-state index contributed by atoms with van der Waals surface area (Å²) in [4.78, 5) is 23.2. The molecule has 34 heavy (non-hydrogen) atoms. The first-order valence-electron chi connectivity index (χ1n) is 12.2. The molecule has 4 aromatic rings. The van der Waals surface area contributed by atoms with Crippen molar-refractivity contribution in [3.05, 3.63) is 71.4 Å². The number of likely N-dealkylation sites (tertiary alicyclic amines) is 1. The average Bonchev–Trinajstić information content (AvgIpc) is 3.25. The van der Waals surface area contributed by atoms with Gasteiger partial charge in [-0.05, 0) is 62.7 Å². The van der Waals surface area contributed by atoms with Crippen LogP contribution in [0.4, 0.5) is 5.82 Å². The van der Waals surface area contributed by atoms with Gasteiger partial charge < -0.3 is 19.9 Å². The number of ether oxygens (including phenoxy) is 1. The number of fused-ring (bicyclic) bond motifs is 3. The van der Waals surface area contributed by atoms with Crippen LogP contribution in [-0.2, 0) is 11.2 Å². The van der Waals surface area contributed by atoms with E-state index in [0.717, 1.165) is 59.2 Å². The molecule has 2 aromatic carbocycles. The molecule has 0 radical (unpaired) electrons. The van der Waals surface area contributed by atoms with E-state index in [9.17, 15) is 4.79 Å². The van der Waals surface area contributed by atoms with Gasteiger partial charge in [0.2, 0.25) is 0 Å². The summed E-state index contributed by atoms with van der Waals surface area (Å²) in [5.41, 5.74) is 4.71. The van der Waals surface area contributed by atoms with Crippen LogP contribution in [0.3, 0.4) is 0 Å². The molecule has 1 aliphatic rings. The summed E-state index contributed by atoms with van der Waals surface area (Å²) < 4.78 is 4.90. The highest BCUT2D eigenvalue weighted by atomic mass is 16.5. The molecule has 0 aliphatic carbocycles. The number of hydrogen-bond donors (Lipinski definition) is 2. The summed E-state index contributed by atoms with van der Waals surface area (Å²) in [5.74, 6) is 0.568. The molecule has 0 bridgehead atoms. The third-order valence-electron chi connectivity index (χ3n) is 6.67. The highest BCUT2D eigenvalue weighted by Crippen LogP contribution is 2.32. The Bertz CT molecular complexity index is 1280. The zero-order valence-corrected chi connectivity index (χ0v) is 19.8. The van der Waals surface area contributed by atoms with Crippen LogP contribution in [0.25, 0.3) is 21.8 Å². The highest BCUT2D eigenvalue weighted by molar-refractivity contribution is 6.13. The molecular weight excluding hydrogens is 424 g/mol. The number of rotatable bonds is 8. The largest absolute Gasteiger partial charge is 0.465 e. The maximum Gasteiger partial charge on any atom is 0.337 e. The van der Waals surface area contributed by atoms with Gasteiger partial charge in [0.25, 0.3) is 0 Å². The summed E-state index contributed by atoms with van der Waals surface area (Å²) in [6.45, 7) is 4.44. The van der Waals surface area contributed by atoms with Crippen LogP contribution in [0.2, 0.25) is 0 Å². The van der Waals surface area contributed by atoms with Crippen LogP contribution in [0, 0.1) is 0 Å². The van der Waals surface area contributed by atoms with Gasteiger partial charge in [0.1, 0.15) is 5.82 Å². The van der Waals surface area contributed by atoms with Gasteiger partial charge in [-0.1, -0.05) is 42.8 Å². The van der Waals surface area contributed by atoms with Crippen molar-refractivity contribution >= 4 is 33.6 Å². The van der Waals surface area contributed by atoms with E-state index in [1.165, 1.54) is 45.0 Å². The predicted octanol–water partition coefficient (Wildman–Crippen LogP) is 5.38. The smallest absolute Gasteiger partial charge is 0.337 e. The summed E-state index contributed by atoms with van der Waals surface area (Å²) in [6.07, 6.45) is 5.85. The number of nitrogens with zero attached hydrogens (tertiary/aromatic N) is 2. The standard InChI is InChI=1S/C28H32N4O2/c1-34-28(33)21-11-12-23-24(18-21)31-25-19-22(17-20-9-4-2-5-10-20)30-27(26(23)25)29-13-8-16-32-14-6-3-7-15-32/h2,4-5,9-12,18-19,31H,3,6-8,13-17H2,1H3,(H,29,30). The van der Waals surface area contributed by atoms with Crippen LogP contribution >= 0.6 is 0 Å². The Morgan fingerprint density at radius 3 is 2.68 bits per heavy atom. The minimum atomic E-state index is -0.334. The number of carbonyl (C=O) groups excluding carboxylic acids is 1. The Balaban J connectivity index is 1.45. The highest BCUT2D eigenvalue weighted by Gasteiger charge is 2.15. The molecule has 0 atom stereocenters. The molecule has 3 heterocycles. The lowest BCUT2D eigenvalue weighted by Gasteiger charge is -2.26. The van der Waals surface area contributed by atoms with Gasteiger partial charge in [-0.25, -0.2) is 9.78 Å². The minimum absolute atomic E-state index is 0.334. The summed E-state index contributed by atoms with van der Waals surface area (Å²) in [5, 5.41) is 5.76. The van der Waals surface area contributed by atoms with E-state index in [-0.39, 0.29) is 5.97 Å². The van der Waals surface area contributed by atoms with Crippen LogP contribution in [0.1, 0.15) is 47.3 Å². The number of methoxy groups -OCH3 is 1. The van der Waals surface area contributed by atoms with Gasteiger partial charge in [0.05, 0.1) is 18.2 Å². The molecule has 6 nitrogen and oxygen atoms in total. The quantitative estimate of drug-likeness (QED) is 0.275. The second kappa shape index (κ2) is 10.3. The van der Waals surface area contributed by atoms with Crippen LogP contribution in [-0.4, -0.2) is 54.1 Å². The molecule has 1 saturated heterocycles. The van der Waals surface area contributed by atoms with E-state index in [1.807, 2.05) is 24.3 Å². The van der Waals surface area contributed by atoms with Gasteiger partial charge in [0, 0.05) is 34.9 Å². The second-order valence-corrected chi connectivity index (χ2v) is 9.11. The average molecular weight is 457 g/mol. The minimum Gasteiger partial charge on any atom is -0.465 e. The van der Waals surface area contributed by atoms with Gasteiger partial charge in [-0.2, -0.15) is 0 Å². The molecule has 2 N–H and O–H groups in total. The van der Waals surface area contributed by atoms with E-state index in [4.69, 9.17) is 9.72 Å². The fourth-order valence-electron chi connectivity index (χ4n) is 4.94. The number of piperidine rings is 1. The van der Waals surface area contributed by atoms with Crippen molar-refractivity contribution < 1.29 is 9.53 Å². The lowest BCUT2D eigenvalue weighted by Crippen LogP contribution is -2.31. The van der Waals surface area contributed by atoms with Crippen molar-refractivity contribution in [2.24, 2.45) is 0 Å². The molecule has 1 aliphatic heterocycles. The molecule has 176 valence electrons. The van der Waals surface area contributed by atoms with Gasteiger partial charge >= 0.3 is 5.97 Å². The summed E-state index contributed by atoms with van der Waals surface area (Å²) in [6, 6.07) is 18.2. The molecule has 0 saturated carbocycles. The van der Waals surface area contributed by atoms with Crippen LogP contribution in [0.5, 0.6) is 0 Å². The molecule has 2 aromatic heterocycles. The van der Waals surface area contributed by atoms with Crippen LogP contribution < -0.4 is 5.32 Å². The van der Waals surface area contributed by atoms with Crippen molar-refractivity contribution in [2.45, 2.75) is 32.1 Å². The first-order valence-corrected chi connectivity index (χ1v) is 12.2. The van der Waals surface area contributed by atoms with E-state index < -0.39 is 0 Å². The predicted molar refractivity (Wildman–Crippen MR) is 138 cm³/mol. The first kappa shape index (κ1) is 22.4. The Morgan fingerprint density at radius 1 is 1.06 bits per heavy atom. The lowest BCUT2D eigenvalue weighted by molar-refractivity contribution is 0.0601. The third kappa shape index (κ3) is 4.92.